The first-order valence-corrected chi connectivity index (χ1v) is 8.55. The molecule has 25 heavy (non-hydrogen) atoms. The lowest BCUT2D eigenvalue weighted by Crippen LogP contribution is -2.39. The van der Waals surface area contributed by atoms with E-state index in [1.54, 1.807) is 0 Å². The van der Waals surface area contributed by atoms with Gasteiger partial charge in [-0.05, 0) is 38.7 Å². The van der Waals surface area contributed by atoms with Crippen molar-refractivity contribution in [1.29, 1.82) is 0 Å². The number of nitrogens with zero attached hydrogens (tertiary/aromatic N) is 3. The van der Waals surface area contributed by atoms with Gasteiger partial charge < -0.3 is 20.1 Å². The molecule has 0 amide bonds. The molecule has 6 heteroatoms. The molecule has 2 aromatic rings. The Morgan fingerprint density at radius 1 is 1.08 bits per heavy atom. The van der Waals surface area contributed by atoms with Crippen LogP contribution in [0.4, 0.5) is 0 Å². The lowest BCUT2D eigenvalue weighted by atomic mass is 10.1. The standard InChI is InChI=1S/C19H29N5.HI/c1-4-20-19(21-12-15-24-13-8-9-14-24)22-16-18(23(2)3)17-10-6-5-7-11-17;/h5-11,13-14,18H,4,12,15-16H2,1-3H3,(H2,20,21,22);1H. The molecule has 0 radical (unpaired) electrons. The molecule has 0 aliphatic rings. The SMILES string of the molecule is CCNC(=NCC(c1ccccc1)N(C)C)NCCn1cccc1.I. The average Bonchev–Trinajstić information content (AvgIpc) is 3.09. The molecule has 0 aliphatic carbocycles. The second-order valence-electron chi connectivity index (χ2n) is 5.96. The van der Waals surface area contributed by atoms with Crippen molar-refractivity contribution in [3.63, 3.8) is 0 Å². The highest BCUT2D eigenvalue weighted by Crippen LogP contribution is 2.17. The number of benzene rings is 1. The minimum Gasteiger partial charge on any atom is -0.357 e. The summed E-state index contributed by atoms with van der Waals surface area (Å²) in [5.41, 5.74) is 1.29. The van der Waals surface area contributed by atoms with Crippen LogP contribution in [-0.2, 0) is 6.54 Å². The number of hydrogen-bond acceptors (Lipinski definition) is 2. The Morgan fingerprint density at radius 3 is 2.36 bits per heavy atom. The first-order valence-electron chi connectivity index (χ1n) is 8.55. The lowest BCUT2D eigenvalue weighted by Gasteiger charge is -2.23. The number of halogens is 1. The van der Waals surface area contributed by atoms with Crippen LogP contribution in [0.2, 0.25) is 0 Å². The van der Waals surface area contributed by atoms with Crippen molar-refractivity contribution in [3.8, 4) is 0 Å². The predicted molar refractivity (Wildman–Crippen MR) is 117 cm³/mol. The third kappa shape index (κ3) is 7.48. The molecule has 0 spiro atoms. The van der Waals surface area contributed by atoms with Crippen LogP contribution < -0.4 is 10.6 Å². The summed E-state index contributed by atoms with van der Waals surface area (Å²) in [4.78, 5) is 6.98. The summed E-state index contributed by atoms with van der Waals surface area (Å²) in [5.74, 6) is 0.868. The Morgan fingerprint density at radius 2 is 1.76 bits per heavy atom. The van der Waals surface area contributed by atoms with E-state index in [0.29, 0.717) is 0 Å². The average molecular weight is 455 g/mol. The number of aliphatic imine (C=N–C) groups is 1. The quantitative estimate of drug-likeness (QED) is 0.366. The normalized spacial score (nSPS) is 12.6. The van der Waals surface area contributed by atoms with Crippen LogP contribution in [0.5, 0.6) is 0 Å². The van der Waals surface area contributed by atoms with Crippen LogP contribution in [0, 0.1) is 0 Å². The predicted octanol–water partition coefficient (Wildman–Crippen LogP) is 2.96. The van der Waals surface area contributed by atoms with E-state index < -0.39 is 0 Å². The molecule has 0 aliphatic heterocycles. The number of rotatable bonds is 8. The molecule has 1 unspecified atom stereocenters. The van der Waals surface area contributed by atoms with Crippen molar-refractivity contribution >= 4 is 29.9 Å². The van der Waals surface area contributed by atoms with Crippen molar-refractivity contribution < 1.29 is 0 Å². The zero-order valence-electron chi connectivity index (χ0n) is 15.4. The van der Waals surface area contributed by atoms with Gasteiger partial charge in [-0.1, -0.05) is 30.3 Å². The monoisotopic (exact) mass is 455 g/mol. The minimum atomic E-state index is 0. The summed E-state index contributed by atoms with van der Waals surface area (Å²) in [6.07, 6.45) is 4.15. The Labute approximate surface area is 168 Å². The van der Waals surface area contributed by atoms with Gasteiger partial charge in [0.1, 0.15) is 0 Å². The van der Waals surface area contributed by atoms with E-state index >= 15 is 0 Å². The fraction of sp³-hybridized carbons (Fsp3) is 0.421. The fourth-order valence-corrected chi connectivity index (χ4v) is 2.58. The van der Waals surface area contributed by atoms with Gasteiger partial charge in [0.25, 0.3) is 0 Å². The Kier molecular flexibility index (Phi) is 10.3. The summed E-state index contributed by atoms with van der Waals surface area (Å²) in [6, 6.07) is 14.9. The van der Waals surface area contributed by atoms with E-state index in [1.807, 2.05) is 18.2 Å². The first-order chi connectivity index (χ1) is 11.7. The largest absolute Gasteiger partial charge is 0.357 e. The van der Waals surface area contributed by atoms with Crippen molar-refractivity contribution in [2.24, 2.45) is 4.99 Å². The maximum Gasteiger partial charge on any atom is 0.191 e. The highest BCUT2D eigenvalue weighted by molar-refractivity contribution is 14.0. The molecule has 0 fully saturated rings. The van der Waals surface area contributed by atoms with Gasteiger partial charge in [0.05, 0.1) is 12.6 Å². The van der Waals surface area contributed by atoms with Crippen LogP contribution in [0.3, 0.4) is 0 Å². The summed E-state index contributed by atoms with van der Waals surface area (Å²) in [7, 11) is 4.19. The molecule has 1 aromatic heterocycles. The van der Waals surface area contributed by atoms with Gasteiger partial charge in [-0.15, -0.1) is 24.0 Å². The molecule has 0 saturated heterocycles. The molecule has 138 valence electrons. The molecular formula is C19H30IN5. The highest BCUT2D eigenvalue weighted by Gasteiger charge is 2.13. The molecule has 5 nitrogen and oxygen atoms in total. The molecular weight excluding hydrogens is 425 g/mol. The van der Waals surface area contributed by atoms with E-state index in [0.717, 1.165) is 32.1 Å². The third-order valence-electron chi connectivity index (χ3n) is 3.90. The second kappa shape index (κ2) is 11.9. The Hall–Kier alpha value is -1.54. The smallest absolute Gasteiger partial charge is 0.191 e. The van der Waals surface area contributed by atoms with E-state index in [9.17, 15) is 0 Å². The van der Waals surface area contributed by atoms with Gasteiger partial charge in [0.15, 0.2) is 5.96 Å². The Bertz CT molecular complexity index is 596. The molecule has 1 heterocycles. The van der Waals surface area contributed by atoms with Gasteiger partial charge in [-0.2, -0.15) is 0 Å². The second-order valence-corrected chi connectivity index (χ2v) is 5.96. The van der Waals surface area contributed by atoms with Crippen molar-refractivity contribution in [3.05, 3.63) is 60.4 Å². The summed E-state index contributed by atoms with van der Waals surface area (Å²) in [5, 5.41) is 6.72. The summed E-state index contributed by atoms with van der Waals surface area (Å²) >= 11 is 0. The van der Waals surface area contributed by atoms with E-state index in [4.69, 9.17) is 4.99 Å². The van der Waals surface area contributed by atoms with Gasteiger partial charge in [-0.3, -0.25) is 4.99 Å². The summed E-state index contributed by atoms with van der Waals surface area (Å²) < 4.78 is 2.16. The number of likely N-dealkylation sites (N-methyl/N-ethyl adjacent to an activating group) is 1. The number of hydrogen-bond donors (Lipinski definition) is 2. The molecule has 2 rings (SSSR count). The van der Waals surface area contributed by atoms with Crippen molar-refractivity contribution in [2.75, 3.05) is 33.7 Å². The maximum absolute atomic E-state index is 4.77. The highest BCUT2D eigenvalue weighted by atomic mass is 127. The lowest BCUT2D eigenvalue weighted by molar-refractivity contribution is 0.306. The number of guanidine groups is 1. The van der Waals surface area contributed by atoms with Gasteiger partial charge in [0, 0.05) is 32.0 Å². The fourth-order valence-electron chi connectivity index (χ4n) is 2.58. The van der Waals surface area contributed by atoms with Crippen molar-refractivity contribution in [2.45, 2.75) is 19.5 Å². The maximum atomic E-state index is 4.77. The van der Waals surface area contributed by atoms with Crippen LogP contribution in [0.15, 0.2) is 59.9 Å². The Balaban J connectivity index is 0.00000312. The molecule has 0 bridgehead atoms. The minimum absolute atomic E-state index is 0. The van der Waals surface area contributed by atoms with E-state index in [1.165, 1.54) is 5.56 Å². The first kappa shape index (κ1) is 21.5. The molecule has 0 saturated carbocycles. The number of aromatic nitrogens is 1. The van der Waals surface area contributed by atoms with Gasteiger partial charge in [0.2, 0.25) is 0 Å². The zero-order chi connectivity index (χ0) is 17.2. The van der Waals surface area contributed by atoms with E-state index in [-0.39, 0.29) is 30.0 Å². The van der Waals surface area contributed by atoms with Crippen LogP contribution >= 0.6 is 24.0 Å². The van der Waals surface area contributed by atoms with Crippen LogP contribution in [0.25, 0.3) is 0 Å². The van der Waals surface area contributed by atoms with Crippen molar-refractivity contribution in [1.82, 2.24) is 20.1 Å². The molecule has 1 atom stereocenters. The zero-order valence-corrected chi connectivity index (χ0v) is 17.7. The van der Waals surface area contributed by atoms with Crippen LogP contribution in [0.1, 0.15) is 18.5 Å². The topological polar surface area (TPSA) is 44.6 Å². The van der Waals surface area contributed by atoms with Crippen LogP contribution in [-0.4, -0.2) is 49.2 Å². The van der Waals surface area contributed by atoms with Gasteiger partial charge >= 0.3 is 0 Å². The number of nitrogens with one attached hydrogen (secondary N) is 2. The van der Waals surface area contributed by atoms with E-state index in [2.05, 4.69) is 77.8 Å². The molecule has 2 N–H and O–H groups in total. The molecule has 1 aromatic carbocycles. The summed E-state index contributed by atoms with van der Waals surface area (Å²) in [6.45, 7) is 5.43. The van der Waals surface area contributed by atoms with Gasteiger partial charge in [-0.25, -0.2) is 0 Å². The third-order valence-corrected chi connectivity index (χ3v) is 3.90.